The van der Waals surface area contributed by atoms with Gasteiger partial charge in [-0.3, -0.25) is 0 Å². The lowest BCUT2D eigenvalue weighted by Gasteiger charge is -2.21. The third kappa shape index (κ3) is 3.96. The number of aryl methyl sites for hydroxylation is 1. The molecule has 0 radical (unpaired) electrons. The van der Waals surface area contributed by atoms with Crippen LogP contribution in [0.3, 0.4) is 0 Å². The molecule has 0 fully saturated rings. The van der Waals surface area contributed by atoms with E-state index in [2.05, 4.69) is 78.2 Å². The average Bonchev–Trinajstić information content (AvgIpc) is 2.44. The monoisotopic (exact) mass is 399 g/mol. The molecule has 2 rings (SSSR count). The lowest BCUT2D eigenvalue weighted by atomic mass is 9.97. The van der Waals surface area contributed by atoms with Crippen molar-refractivity contribution in [2.75, 3.05) is 6.54 Å². The maximum Gasteiger partial charge on any atom is 0.0587 e. The van der Waals surface area contributed by atoms with Gasteiger partial charge in [0.05, 0.1) is 6.04 Å². The van der Waals surface area contributed by atoms with Gasteiger partial charge in [0.25, 0.3) is 0 Å². The highest BCUT2D eigenvalue weighted by Crippen LogP contribution is 2.29. The molecule has 106 valence electrons. The van der Waals surface area contributed by atoms with E-state index in [9.17, 15) is 0 Å². The summed E-state index contributed by atoms with van der Waals surface area (Å²) in [4.78, 5) is 0. The molecule has 0 aromatic heterocycles. The van der Waals surface area contributed by atoms with Crippen LogP contribution in [0, 0.1) is 10.5 Å². The molecule has 2 aromatic rings. The molecule has 0 aliphatic heterocycles. The molecule has 0 amide bonds. The summed E-state index contributed by atoms with van der Waals surface area (Å²) in [5.74, 6) is 0. The highest BCUT2D eigenvalue weighted by atomic mass is 127. The van der Waals surface area contributed by atoms with Crippen molar-refractivity contribution in [3.05, 3.63) is 67.7 Å². The van der Waals surface area contributed by atoms with Gasteiger partial charge < -0.3 is 5.32 Å². The summed E-state index contributed by atoms with van der Waals surface area (Å²) >= 11 is 8.56. The fourth-order valence-corrected chi connectivity index (χ4v) is 3.02. The molecule has 0 aliphatic rings. The fourth-order valence-electron chi connectivity index (χ4n) is 2.19. The number of rotatable bonds is 5. The topological polar surface area (TPSA) is 12.0 Å². The Labute approximate surface area is 139 Å². The summed E-state index contributed by atoms with van der Waals surface area (Å²) in [7, 11) is 0. The van der Waals surface area contributed by atoms with Crippen LogP contribution in [0.4, 0.5) is 0 Å². The maximum absolute atomic E-state index is 6.18. The van der Waals surface area contributed by atoms with Crippen molar-refractivity contribution in [3.8, 4) is 0 Å². The van der Waals surface area contributed by atoms with Gasteiger partial charge in [0.15, 0.2) is 0 Å². The quantitative estimate of drug-likeness (QED) is 0.669. The van der Waals surface area contributed by atoms with Gasteiger partial charge in [0.1, 0.15) is 0 Å². The molecule has 1 N–H and O–H groups in total. The largest absolute Gasteiger partial charge is 0.306 e. The summed E-state index contributed by atoms with van der Waals surface area (Å²) in [5, 5.41) is 4.41. The van der Waals surface area contributed by atoms with Gasteiger partial charge in [-0.15, -0.1) is 0 Å². The molecule has 1 unspecified atom stereocenters. The van der Waals surface area contributed by atoms with E-state index in [0.717, 1.165) is 18.0 Å². The van der Waals surface area contributed by atoms with Crippen molar-refractivity contribution in [2.45, 2.75) is 26.3 Å². The van der Waals surface area contributed by atoms with Crippen LogP contribution in [0.15, 0.2) is 42.5 Å². The van der Waals surface area contributed by atoms with Crippen LogP contribution in [-0.4, -0.2) is 6.54 Å². The van der Waals surface area contributed by atoms with Crippen molar-refractivity contribution in [1.82, 2.24) is 5.32 Å². The first-order chi connectivity index (χ1) is 9.61. The highest BCUT2D eigenvalue weighted by molar-refractivity contribution is 14.1. The molecule has 20 heavy (non-hydrogen) atoms. The minimum absolute atomic E-state index is 0.196. The lowest BCUT2D eigenvalue weighted by molar-refractivity contribution is 0.596. The second-order valence-corrected chi connectivity index (χ2v) is 6.56. The van der Waals surface area contributed by atoms with E-state index in [4.69, 9.17) is 11.6 Å². The van der Waals surface area contributed by atoms with Crippen LogP contribution in [0.25, 0.3) is 0 Å². The van der Waals surface area contributed by atoms with E-state index in [1.165, 1.54) is 20.3 Å². The van der Waals surface area contributed by atoms with Crippen LogP contribution in [-0.2, 0) is 0 Å². The van der Waals surface area contributed by atoms with Crippen LogP contribution >= 0.6 is 34.2 Å². The molecule has 1 atom stereocenters. The third-order valence-electron chi connectivity index (χ3n) is 3.28. The van der Waals surface area contributed by atoms with Crippen molar-refractivity contribution in [2.24, 2.45) is 0 Å². The predicted octanol–water partition coefficient (Wildman–Crippen LogP) is 5.34. The van der Waals surface area contributed by atoms with E-state index in [0.29, 0.717) is 0 Å². The van der Waals surface area contributed by atoms with Gasteiger partial charge in [-0.1, -0.05) is 48.4 Å². The Morgan fingerprint density at radius 1 is 1.15 bits per heavy atom. The summed E-state index contributed by atoms with van der Waals surface area (Å²) < 4.78 is 1.24. The summed E-state index contributed by atoms with van der Waals surface area (Å²) in [6.07, 6.45) is 1.11. The normalized spacial score (nSPS) is 12.4. The number of hydrogen-bond acceptors (Lipinski definition) is 1. The average molecular weight is 400 g/mol. The smallest absolute Gasteiger partial charge is 0.0587 e. The molecule has 1 nitrogen and oxygen atoms in total. The molecule has 0 saturated carbocycles. The Hall–Kier alpha value is -0.580. The Bertz CT molecular complexity index is 566. The number of hydrogen-bond donors (Lipinski definition) is 1. The minimum atomic E-state index is 0.196. The highest BCUT2D eigenvalue weighted by Gasteiger charge is 2.16. The van der Waals surface area contributed by atoms with Crippen molar-refractivity contribution in [3.63, 3.8) is 0 Å². The fraction of sp³-hybridized carbons (Fsp3) is 0.294. The van der Waals surface area contributed by atoms with Crippen molar-refractivity contribution < 1.29 is 0 Å². The first kappa shape index (κ1) is 15.8. The Morgan fingerprint density at radius 2 is 1.85 bits per heavy atom. The number of nitrogens with one attached hydrogen (secondary N) is 1. The van der Waals surface area contributed by atoms with Crippen LogP contribution < -0.4 is 5.32 Å². The second kappa shape index (κ2) is 7.43. The number of halogens is 2. The van der Waals surface area contributed by atoms with Crippen molar-refractivity contribution >= 4 is 34.2 Å². The maximum atomic E-state index is 6.18. The van der Waals surface area contributed by atoms with Gasteiger partial charge in [-0.05, 0) is 71.8 Å². The van der Waals surface area contributed by atoms with Crippen LogP contribution in [0.2, 0.25) is 5.02 Å². The molecule has 2 aromatic carbocycles. The van der Waals surface area contributed by atoms with E-state index >= 15 is 0 Å². The summed E-state index contributed by atoms with van der Waals surface area (Å²) in [6, 6.07) is 15.0. The zero-order valence-electron chi connectivity index (χ0n) is 11.8. The predicted molar refractivity (Wildman–Crippen MR) is 95.5 cm³/mol. The lowest BCUT2D eigenvalue weighted by Crippen LogP contribution is -2.24. The van der Waals surface area contributed by atoms with Crippen molar-refractivity contribution in [1.29, 1.82) is 0 Å². The molecular formula is C17H19ClIN. The van der Waals surface area contributed by atoms with Gasteiger partial charge in [0.2, 0.25) is 0 Å². The SMILES string of the molecule is CCCNC(c1ccc(C)cc1)c1cc(Cl)ccc1I. The first-order valence-electron chi connectivity index (χ1n) is 6.86. The molecule has 0 saturated heterocycles. The Morgan fingerprint density at radius 3 is 2.50 bits per heavy atom. The van der Waals surface area contributed by atoms with E-state index in [1.54, 1.807) is 0 Å². The summed E-state index contributed by atoms with van der Waals surface area (Å²) in [6.45, 7) is 5.28. The number of benzene rings is 2. The summed E-state index contributed by atoms with van der Waals surface area (Å²) in [5.41, 5.74) is 3.81. The van der Waals surface area contributed by atoms with Gasteiger partial charge >= 0.3 is 0 Å². The van der Waals surface area contributed by atoms with E-state index in [-0.39, 0.29) is 6.04 Å². The minimum Gasteiger partial charge on any atom is -0.306 e. The van der Waals surface area contributed by atoms with Gasteiger partial charge in [0, 0.05) is 8.59 Å². The van der Waals surface area contributed by atoms with Gasteiger partial charge in [-0.25, -0.2) is 0 Å². The molecule has 0 aliphatic carbocycles. The first-order valence-corrected chi connectivity index (χ1v) is 8.32. The van der Waals surface area contributed by atoms with E-state index < -0.39 is 0 Å². The third-order valence-corrected chi connectivity index (χ3v) is 4.50. The van der Waals surface area contributed by atoms with Gasteiger partial charge in [-0.2, -0.15) is 0 Å². The van der Waals surface area contributed by atoms with E-state index in [1.807, 2.05) is 6.07 Å². The molecular weight excluding hydrogens is 381 g/mol. The van der Waals surface area contributed by atoms with Crippen LogP contribution in [0.5, 0.6) is 0 Å². The standard InChI is InChI=1S/C17H19ClIN/c1-3-10-20-17(13-6-4-12(2)5-7-13)15-11-14(18)8-9-16(15)19/h4-9,11,17,20H,3,10H2,1-2H3. The molecule has 0 heterocycles. The molecule has 0 bridgehead atoms. The molecule has 3 heteroatoms. The zero-order chi connectivity index (χ0) is 14.5. The zero-order valence-corrected chi connectivity index (χ0v) is 14.7. The Balaban J connectivity index is 2.41. The Kier molecular flexibility index (Phi) is 5.87. The molecule has 0 spiro atoms. The second-order valence-electron chi connectivity index (χ2n) is 4.96. The van der Waals surface area contributed by atoms with Crippen LogP contribution in [0.1, 0.15) is 36.1 Å².